The van der Waals surface area contributed by atoms with Gasteiger partial charge >= 0.3 is 0 Å². The second-order valence-corrected chi connectivity index (χ2v) is 5.11. The highest BCUT2D eigenvalue weighted by molar-refractivity contribution is 6.21. The maximum atomic E-state index is 12.6. The molecule has 2 nitrogen and oxygen atoms in total. The molecule has 1 aliphatic carbocycles. The van der Waals surface area contributed by atoms with Crippen molar-refractivity contribution in [1.82, 2.24) is 4.98 Å². The topological polar surface area (TPSA) is 24.9 Å². The number of hydrogen-bond acceptors (Lipinski definition) is 2. The lowest BCUT2D eigenvalue weighted by Crippen LogP contribution is -2.54. The quantitative estimate of drug-likeness (QED) is 0.787. The lowest BCUT2D eigenvalue weighted by atomic mass is 9.67. The van der Waals surface area contributed by atoms with Crippen LogP contribution in [0.5, 0.6) is 0 Å². The predicted octanol–water partition coefficient (Wildman–Crippen LogP) is 3.04. The van der Waals surface area contributed by atoms with Crippen LogP contribution in [0.4, 0.5) is 10.2 Å². The molecule has 0 bridgehead atoms. The van der Waals surface area contributed by atoms with Crippen molar-refractivity contribution in [1.29, 1.82) is 0 Å². The van der Waals surface area contributed by atoms with Gasteiger partial charge in [-0.1, -0.05) is 13.8 Å². The maximum Gasteiger partial charge on any atom is 0.141 e. The molecule has 0 radical (unpaired) electrons. The Morgan fingerprint density at radius 3 is 2.73 bits per heavy atom. The molecule has 1 heterocycles. The van der Waals surface area contributed by atoms with Gasteiger partial charge in [-0.3, -0.25) is 0 Å². The molecule has 82 valence electrons. The van der Waals surface area contributed by atoms with E-state index in [2.05, 4.69) is 24.1 Å². The van der Waals surface area contributed by atoms with Gasteiger partial charge in [0.25, 0.3) is 0 Å². The zero-order valence-corrected chi connectivity index (χ0v) is 9.55. The van der Waals surface area contributed by atoms with Crippen LogP contribution in [0.2, 0.25) is 0 Å². The Morgan fingerprint density at radius 2 is 2.27 bits per heavy atom. The summed E-state index contributed by atoms with van der Waals surface area (Å²) < 4.78 is 12.6. The Labute approximate surface area is 93.9 Å². The van der Waals surface area contributed by atoms with Crippen molar-refractivity contribution in [2.75, 3.05) is 5.32 Å². The highest BCUT2D eigenvalue weighted by Gasteiger charge is 2.47. The van der Waals surface area contributed by atoms with Gasteiger partial charge in [0.15, 0.2) is 0 Å². The van der Waals surface area contributed by atoms with E-state index in [1.807, 2.05) is 0 Å². The van der Waals surface area contributed by atoms with E-state index in [1.54, 1.807) is 6.07 Å². The molecule has 4 heteroatoms. The zero-order valence-electron chi connectivity index (χ0n) is 8.80. The number of nitrogens with zero attached hydrogens (tertiary/aromatic N) is 1. The standard InChI is InChI=1S/C11H14ClFN2/c1-11(2)8(12)5-9(11)15-10-4-3-7(13)6-14-10/h3-4,6,8-9H,5H2,1-2H3,(H,14,15). The van der Waals surface area contributed by atoms with Crippen LogP contribution in [0, 0.1) is 11.2 Å². The third-order valence-corrected chi connectivity index (χ3v) is 3.94. The zero-order chi connectivity index (χ0) is 11.1. The first-order chi connectivity index (χ1) is 7.00. The number of pyridine rings is 1. The Balaban J connectivity index is 2.02. The van der Waals surface area contributed by atoms with Crippen LogP contribution in [0.25, 0.3) is 0 Å². The molecule has 1 aliphatic rings. The number of nitrogens with one attached hydrogen (secondary N) is 1. The number of hydrogen-bond donors (Lipinski definition) is 1. The molecule has 0 spiro atoms. The molecule has 1 aromatic rings. The lowest BCUT2D eigenvalue weighted by molar-refractivity contribution is 0.168. The first kappa shape index (κ1) is 10.7. The van der Waals surface area contributed by atoms with Gasteiger partial charge in [0, 0.05) is 16.8 Å². The number of anilines is 1. The van der Waals surface area contributed by atoms with Crippen molar-refractivity contribution in [2.45, 2.75) is 31.7 Å². The summed E-state index contributed by atoms with van der Waals surface area (Å²) in [5, 5.41) is 3.47. The van der Waals surface area contributed by atoms with Crippen molar-refractivity contribution in [3.8, 4) is 0 Å². The molecule has 0 aromatic carbocycles. The van der Waals surface area contributed by atoms with E-state index in [-0.39, 0.29) is 16.6 Å². The fraction of sp³-hybridized carbons (Fsp3) is 0.545. The van der Waals surface area contributed by atoms with Gasteiger partial charge in [-0.15, -0.1) is 11.6 Å². The predicted molar refractivity (Wildman–Crippen MR) is 59.6 cm³/mol. The van der Waals surface area contributed by atoms with Gasteiger partial charge in [-0.05, 0) is 18.6 Å². The Morgan fingerprint density at radius 1 is 1.53 bits per heavy atom. The molecule has 1 aromatic heterocycles. The van der Waals surface area contributed by atoms with E-state index in [0.29, 0.717) is 11.9 Å². The molecule has 2 unspecified atom stereocenters. The molecular weight excluding hydrogens is 215 g/mol. The Kier molecular flexibility index (Phi) is 2.59. The van der Waals surface area contributed by atoms with Crippen LogP contribution in [0.15, 0.2) is 18.3 Å². The summed E-state index contributed by atoms with van der Waals surface area (Å²) in [4.78, 5) is 3.96. The molecule has 2 atom stereocenters. The summed E-state index contributed by atoms with van der Waals surface area (Å²) >= 11 is 6.11. The SMILES string of the molecule is CC1(C)C(Cl)CC1Nc1ccc(F)cn1. The van der Waals surface area contributed by atoms with Crippen molar-refractivity contribution < 1.29 is 4.39 Å². The monoisotopic (exact) mass is 228 g/mol. The van der Waals surface area contributed by atoms with E-state index < -0.39 is 0 Å². The summed E-state index contributed by atoms with van der Waals surface area (Å²) in [6.45, 7) is 4.24. The van der Waals surface area contributed by atoms with Crippen LogP contribution in [0.1, 0.15) is 20.3 Å². The smallest absolute Gasteiger partial charge is 0.141 e. The summed E-state index contributed by atoms with van der Waals surface area (Å²) in [5.74, 6) is 0.390. The van der Waals surface area contributed by atoms with E-state index >= 15 is 0 Å². The molecular formula is C11H14ClFN2. The molecule has 1 N–H and O–H groups in total. The maximum absolute atomic E-state index is 12.6. The van der Waals surface area contributed by atoms with Crippen LogP contribution >= 0.6 is 11.6 Å². The molecule has 0 saturated heterocycles. The third kappa shape index (κ3) is 1.93. The van der Waals surface area contributed by atoms with Gasteiger partial charge in [0.05, 0.1) is 6.20 Å². The normalized spacial score (nSPS) is 28.3. The summed E-state index contributed by atoms with van der Waals surface area (Å²) in [6.07, 6.45) is 2.14. The number of alkyl halides is 1. The highest BCUT2D eigenvalue weighted by Crippen LogP contribution is 2.45. The second-order valence-electron chi connectivity index (χ2n) is 4.58. The number of aromatic nitrogens is 1. The molecule has 15 heavy (non-hydrogen) atoms. The molecule has 1 fully saturated rings. The van der Waals surface area contributed by atoms with Gasteiger partial charge in [-0.2, -0.15) is 0 Å². The molecule has 0 aliphatic heterocycles. The molecule has 2 rings (SSSR count). The minimum Gasteiger partial charge on any atom is -0.367 e. The Hall–Kier alpha value is -0.830. The first-order valence-electron chi connectivity index (χ1n) is 5.02. The minimum absolute atomic E-state index is 0.0671. The van der Waals surface area contributed by atoms with E-state index in [1.165, 1.54) is 12.3 Å². The van der Waals surface area contributed by atoms with Crippen LogP contribution in [-0.4, -0.2) is 16.4 Å². The van der Waals surface area contributed by atoms with Crippen LogP contribution < -0.4 is 5.32 Å². The lowest BCUT2D eigenvalue weighted by Gasteiger charge is -2.49. The third-order valence-electron chi connectivity index (χ3n) is 3.20. The van der Waals surface area contributed by atoms with Gasteiger partial charge in [0.2, 0.25) is 0 Å². The average molecular weight is 229 g/mol. The largest absolute Gasteiger partial charge is 0.367 e. The van der Waals surface area contributed by atoms with Crippen molar-refractivity contribution in [3.63, 3.8) is 0 Å². The van der Waals surface area contributed by atoms with Crippen LogP contribution in [-0.2, 0) is 0 Å². The summed E-state index contributed by atoms with van der Waals surface area (Å²) in [6, 6.07) is 3.37. The van der Waals surface area contributed by atoms with E-state index in [0.717, 1.165) is 6.42 Å². The molecule has 1 saturated carbocycles. The molecule has 0 amide bonds. The number of halogens is 2. The van der Waals surface area contributed by atoms with Gasteiger partial charge in [-0.25, -0.2) is 9.37 Å². The van der Waals surface area contributed by atoms with Gasteiger partial charge in [0.1, 0.15) is 11.6 Å². The summed E-state index contributed by atoms with van der Waals surface area (Å²) in [7, 11) is 0. The average Bonchev–Trinajstić information content (AvgIpc) is 2.21. The van der Waals surface area contributed by atoms with E-state index in [4.69, 9.17) is 11.6 Å². The minimum atomic E-state index is -0.316. The van der Waals surface area contributed by atoms with Crippen molar-refractivity contribution >= 4 is 17.4 Å². The van der Waals surface area contributed by atoms with E-state index in [9.17, 15) is 4.39 Å². The fourth-order valence-electron chi connectivity index (χ4n) is 1.76. The van der Waals surface area contributed by atoms with Crippen molar-refractivity contribution in [3.05, 3.63) is 24.1 Å². The second kappa shape index (κ2) is 3.63. The van der Waals surface area contributed by atoms with Crippen molar-refractivity contribution in [2.24, 2.45) is 5.41 Å². The Bertz CT molecular complexity index is 350. The van der Waals surface area contributed by atoms with Crippen LogP contribution in [0.3, 0.4) is 0 Å². The summed E-state index contributed by atoms with van der Waals surface area (Å²) in [5.41, 5.74) is 0.0671. The van der Waals surface area contributed by atoms with Gasteiger partial charge < -0.3 is 5.32 Å². The number of rotatable bonds is 2. The first-order valence-corrected chi connectivity index (χ1v) is 5.46. The highest BCUT2D eigenvalue weighted by atomic mass is 35.5. The fourth-order valence-corrected chi connectivity index (χ4v) is 2.09.